The quantitative estimate of drug-likeness (QED) is 0.754. The molecule has 3 aromatic rings. The summed E-state index contributed by atoms with van der Waals surface area (Å²) in [5, 5.41) is 5.42. The van der Waals surface area contributed by atoms with Crippen LogP contribution in [0.2, 0.25) is 0 Å². The lowest BCUT2D eigenvalue weighted by atomic mass is 10.3. The molecule has 0 saturated carbocycles. The van der Waals surface area contributed by atoms with Crippen LogP contribution in [-0.4, -0.2) is 15.6 Å². The molecule has 0 aliphatic carbocycles. The van der Waals surface area contributed by atoms with Crippen molar-refractivity contribution in [3.8, 4) is 10.7 Å². The van der Waals surface area contributed by atoms with Crippen LogP contribution in [0.15, 0.2) is 46.5 Å². The Morgan fingerprint density at radius 3 is 2.90 bits per heavy atom. The van der Waals surface area contributed by atoms with Gasteiger partial charge in [-0.1, -0.05) is 19.9 Å². The van der Waals surface area contributed by atoms with Crippen LogP contribution in [0.1, 0.15) is 25.4 Å². The summed E-state index contributed by atoms with van der Waals surface area (Å²) < 4.78 is 7.99. The van der Waals surface area contributed by atoms with Crippen molar-refractivity contribution >= 4 is 11.3 Å². The SMILES string of the molecule is CC(C)NCc1ccc(Cn2ccnc2-c2cccs2)o1. The van der Waals surface area contributed by atoms with E-state index in [1.54, 1.807) is 11.3 Å². The molecule has 3 rings (SSSR count). The van der Waals surface area contributed by atoms with Crippen molar-refractivity contribution in [3.63, 3.8) is 0 Å². The van der Waals surface area contributed by atoms with Gasteiger partial charge >= 0.3 is 0 Å². The maximum Gasteiger partial charge on any atom is 0.150 e. The van der Waals surface area contributed by atoms with E-state index in [4.69, 9.17) is 4.42 Å². The molecular weight excluding hydrogens is 282 g/mol. The lowest BCUT2D eigenvalue weighted by Gasteiger charge is -2.06. The van der Waals surface area contributed by atoms with Crippen LogP contribution in [0.5, 0.6) is 0 Å². The highest BCUT2D eigenvalue weighted by Crippen LogP contribution is 2.23. The summed E-state index contributed by atoms with van der Waals surface area (Å²) in [5.41, 5.74) is 0. The van der Waals surface area contributed by atoms with Gasteiger partial charge in [0.05, 0.1) is 18.0 Å². The average Bonchev–Trinajstić information content (AvgIpc) is 3.18. The van der Waals surface area contributed by atoms with Gasteiger partial charge in [-0.15, -0.1) is 11.3 Å². The van der Waals surface area contributed by atoms with Crippen LogP contribution < -0.4 is 5.32 Å². The predicted molar refractivity (Wildman–Crippen MR) is 85.3 cm³/mol. The molecule has 21 heavy (non-hydrogen) atoms. The number of nitrogens with zero attached hydrogens (tertiary/aromatic N) is 2. The standard InChI is InChI=1S/C16H19N3OS/c1-12(2)18-10-13-5-6-14(20-13)11-19-8-7-17-16(19)15-4-3-9-21-15/h3-9,12,18H,10-11H2,1-2H3. The van der Waals surface area contributed by atoms with Crippen LogP contribution in [0.25, 0.3) is 10.7 Å². The lowest BCUT2D eigenvalue weighted by Crippen LogP contribution is -2.21. The highest BCUT2D eigenvalue weighted by molar-refractivity contribution is 7.13. The molecule has 0 unspecified atom stereocenters. The van der Waals surface area contributed by atoms with E-state index in [9.17, 15) is 0 Å². The van der Waals surface area contributed by atoms with E-state index in [1.165, 1.54) is 4.88 Å². The Labute approximate surface area is 128 Å². The largest absolute Gasteiger partial charge is 0.463 e. The average molecular weight is 301 g/mol. The summed E-state index contributed by atoms with van der Waals surface area (Å²) in [5.74, 6) is 2.91. The number of hydrogen-bond acceptors (Lipinski definition) is 4. The van der Waals surface area contributed by atoms with E-state index >= 15 is 0 Å². The molecule has 4 nitrogen and oxygen atoms in total. The Hall–Kier alpha value is -1.85. The monoisotopic (exact) mass is 301 g/mol. The number of nitrogens with one attached hydrogen (secondary N) is 1. The van der Waals surface area contributed by atoms with Gasteiger partial charge in [0.15, 0.2) is 0 Å². The van der Waals surface area contributed by atoms with E-state index in [0.717, 1.165) is 23.9 Å². The molecule has 3 heterocycles. The van der Waals surface area contributed by atoms with Crippen molar-refractivity contribution in [2.24, 2.45) is 0 Å². The van der Waals surface area contributed by atoms with Crippen molar-refractivity contribution in [1.29, 1.82) is 0 Å². The Bertz CT molecular complexity index is 682. The van der Waals surface area contributed by atoms with Gasteiger partial charge in [0.2, 0.25) is 0 Å². The maximum atomic E-state index is 5.87. The van der Waals surface area contributed by atoms with E-state index in [1.807, 2.05) is 30.6 Å². The van der Waals surface area contributed by atoms with Gasteiger partial charge in [0.1, 0.15) is 17.3 Å². The van der Waals surface area contributed by atoms with Gasteiger partial charge < -0.3 is 14.3 Å². The molecule has 0 atom stereocenters. The Morgan fingerprint density at radius 1 is 1.29 bits per heavy atom. The number of thiophene rings is 1. The van der Waals surface area contributed by atoms with Gasteiger partial charge in [-0.05, 0) is 23.6 Å². The second-order valence-corrected chi connectivity index (χ2v) is 6.21. The third-order valence-corrected chi connectivity index (χ3v) is 4.05. The molecule has 0 aliphatic rings. The van der Waals surface area contributed by atoms with Crippen LogP contribution in [-0.2, 0) is 13.1 Å². The minimum Gasteiger partial charge on any atom is -0.463 e. The summed E-state index contributed by atoms with van der Waals surface area (Å²) in [4.78, 5) is 5.61. The van der Waals surface area contributed by atoms with Gasteiger partial charge in [0, 0.05) is 18.4 Å². The molecule has 0 saturated heterocycles. The second-order valence-electron chi connectivity index (χ2n) is 5.26. The molecule has 0 amide bonds. The first kappa shape index (κ1) is 14.1. The van der Waals surface area contributed by atoms with E-state index in [-0.39, 0.29) is 0 Å². The predicted octanol–water partition coefficient (Wildman–Crippen LogP) is 3.75. The molecule has 0 bridgehead atoms. The van der Waals surface area contributed by atoms with Gasteiger partial charge in [-0.2, -0.15) is 0 Å². The molecular formula is C16H19N3OS. The highest BCUT2D eigenvalue weighted by atomic mass is 32.1. The highest BCUT2D eigenvalue weighted by Gasteiger charge is 2.09. The molecule has 110 valence electrons. The maximum absolute atomic E-state index is 5.87. The Balaban J connectivity index is 1.71. The molecule has 0 fully saturated rings. The fraction of sp³-hybridized carbons (Fsp3) is 0.312. The van der Waals surface area contributed by atoms with Crippen molar-refractivity contribution in [2.45, 2.75) is 33.0 Å². The molecule has 0 radical (unpaired) electrons. The fourth-order valence-corrected chi connectivity index (χ4v) is 2.88. The molecule has 0 aliphatic heterocycles. The summed E-state index contributed by atoms with van der Waals surface area (Å²) in [6.45, 7) is 5.72. The van der Waals surface area contributed by atoms with Crippen molar-refractivity contribution in [3.05, 3.63) is 53.6 Å². The first-order chi connectivity index (χ1) is 10.2. The normalized spacial score (nSPS) is 11.4. The summed E-state index contributed by atoms with van der Waals surface area (Å²) >= 11 is 1.70. The minimum atomic E-state index is 0.456. The van der Waals surface area contributed by atoms with Gasteiger partial charge in [-0.3, -0.25) is 0 Å². The Kier molecular flexibility index (Phi) is 4.22. The van der Waals surface area contributed by atoms with Gasteiger partial charge in [0.25, 0.3) is 0 Å². The lowest BCUT2D eigenvalue weighted by molar-refractivity contribution is 0.428. The summed E-state index contributed by atoms with van der Waals surface area (Å²) in [7, 11) is 0. The zero-order valence-corrected chi connectivity index (χ0v) is 13.1. The van der Waals surface area contributed by atoms with Crippen LogP contribution >= 0.6 is 11.3 Å². The summed E-state index contributed by atoms with van der Waals surface area (Å²) in [6, 6.07) is 8.66. The number of aromatic nitrogens is 2. The molecule has 0 spiro atoms. The van der Waals surface area contributed by atoms with E-state index < -0.39 is 0 Å². The molecule has 5 heteroatoms. The number of furan rings is 1. The number of hydrogen-bond donors (Lipinski definition) is 1. The minimum absolute atomic E-state index is 0.456. The van der Waals surface area contributed by atoms with Crippen molar-refractivity contribution < 1.29 is 4.42 Å². The van der Waals surface area contributed by atoms with Crippen molar-refractivity contribution in [1.82, 2.24) is 14.9 Å². The summed E-state index contributed by atoms with van der Waals surface area (Å²) in [6.07, 6.45) is 3.82. The smallest absolute Gasteiger partial charge is 0.150 e. The number of rotatable bonds is 6. The van der Waals surface area contributed by atoms with Crippen molar-refractivity contribution in [2.75, 3.05) is 0 Å². The van der Waals surface area contributed by atoms with Crippen LogP contribution in [0.4, 0.5) is 0 Å². The third-order valence-electron chi connectivity index (χ3n) is 3.19. The first-order valence-corrected chi connectivity index (χ1v) is 7.96. The first-order valence-electron chi connectivity index (χ1n) is 7.08. The van der Waals surface area contributed by atoms with Gasteiger partial charge in [-0.25, -0.2) is 4.98 Å². The molecule has 1 N–H and O–H groups in total. The van der Waals surface area contributed by atoms with E-state index in [0.29, 0.717) is 12.6 Å². The van der Waals surface area contributed by atoms with E-state index in [2.05, 4.69) is 40.2 Å². The zero-order valence-electron chi connectivity index (χ0n) is 12.2. The third kappa shape index (κ3) is 3.43. The number of imidazole rings is 1. The molecule has 0 aromatic carbocycles. The fourth-order valence-electron chi connectivity index (χ4n) is 2.14. The topological polar surface area (TPSA) is 43.0 Å². The van der Waals surface area contributed by atoms with Crippen LogP contribution in [0.3, 0.4) is 0 Å². The van der Waals surface area contributed by atoms with Crippen LogP contribution in [0, 0.1) is 0 Å². The second kappa shape index (κ2) is 6.28. The Morgan fingerprint density at radius 2 is 2.14 bits per heavy atom. The molecule has 3 aromatic heterocycles. The zero-order chi connectivity index (χ0) is 14.7.